The highest BCUT2D eigenvalue weighted by molar-refractivity contribution is 5.76. The van der Waals surface area contributed by atoms with E-state index in [9.17, 15) is 8.78 Å². The number of anilines is 1. The molecule has 1 atom stereocenters. The average Bonchev–Trinajstić information content (AvgIpc) is 3.32. The first-order chi connectivity index (χ1) is 13.2. The molecule has 0 amide bonds. The van der Waals surface area contributed by atoms with E-state index in [1.54, 1.807) is 35.4 Å². The zero-order valence-electron chi connectivity index (χ0n) is 14.4. The monoisotopic (exact) mass is 370 g/mol. The molecule has 138 valence electrons. The molecular weight excluding hydrogens is 354 g/mol. The van der Waals surface area contributed by atoms with Crippen molar-refractivity contribution in [1.29, 1.82) is 0 Å². The van der Waals surface area contributed by atoms with Gasteiger partial charge in [0, 0.05) is 29.1 Å². The lowest BCUT2D eigenvalue weighted by Gasteiger charge is -2.18. The highest BCUT2D eigenvalue weighted by Crippen LogP contribution is 2.29. The Bertz CT molecular complexity index is 1060. The summed E-state index contributed by atoms with van der Waals surface area (Å²) in [6, 6.07) is 5.35. The zero-order valence-corrected chi connectivity index (χ0v) is 14.4. The van der Waals surface area contributed by atoms with Crippen LogP contribution in [0.3, 0.4) is 0 Å². The molecule has 0 bridgehead atoms. The van der Waals surface area contributed by atoms with E-state index in [-0.39, 0.29) is 11.8 Å². The smallest absolute Gasteiger partial charge is 0.228 e. The fourth-order valence-corrected chi connectivity index (χ4v) is 2.90. The van der Waals surface area contributed by atoms with Gasteiger partial charge in [0.05, 0.1) is 18.4 Å². The molecule has 1 unspecified atom stereocenters. The summed E-state index contributed by atoms with van der Waals surface area (Å²) in [5, 5.41) is 14.2. The summed E-state index contributed by atoms with van der Waals surface area (Å²) < 4.78 is 32.9. The Morgan fingerprint density at radius 2 is 2.19 bits per heavy atom. The molecule has 3 aromatic heterocycles. The van der Waals surface area contributed by atoms with Crippen molar-refractivity contribution in [2.45, 2.75) is 13.0 Å². The fraction of sp³-hybridized carbons (Fsp3) is 0.167. The number of fused-ring (bicyclic) bond motifs is 1. The molecule has 0 fully saturated rings. The molecule has 0 aliphatic heterocycles. The first-order valence-corrected chi connectivity index (χ1v) is 8.24. The number of ether oxygens (including phenoxy) is 1. The summed E-state index contributed by atoms with van der Waals surface area (Å²) in [7, 11) is 0. The second-order valence-corrected chi connectivity index (χ2v) is 5.93. The first kappa shape index (κ1) is 17.0. The quantitative estimate of drug-likeness (QED) is 0.540. The van der Waals surface area contributed by atoms with Gasteiger partial charge in [-0.15, -0.1) is 0 Å². The highest BCUT2D eigenvalue weighted by atomic mass is 19.1. The van der Waals surface area contributed by atoms with Gasteiger partial charge in [0.15, 0.2) is 5.65 Å². The van der Waals surface area contributed by atoms with Gasteiger partial charge in [-0.05, 0) is 31.2 Å². The Hall–Kier alpha value is -3.49. The Kier molecular flexibility index (Phi) is 4.41. The molecule has 3 heterocycles. The SMILES string of the molecule is CC(Nc1ccn2ncc(-c3cn[nH]c3)c2n1)c1cc(F)ccc1OCF. The van der Waals surface area contributed by atoms with Crippen LogP contribution < -0.4 is 10.1 Å². The van der Waals surface area contributed by atoms with Crippen LogP contribution in [0.5, 0.6) is 5.75 Å². The topological polar surface area (TPSA) is 80.1 Å². The summed E-state index contributed by atoms with van der Waals surface area (Å²) in [4.78, 5) is 4.59. The minimum absolute atomic E-state index is 0.281. The highest BCUT2D eigenvalue weighted by Gasteiger charge is 2.15. The Morgan fingerprint density at radius 1 is 1.30 bits per heavy atom. The molecule has 0 saturated heterocycles. The van der Waals surface area contributed by atoms with Gasteiger partial charge in [-0.3, -0.25) is 5.10 Å². The van der Waals surface area contributed by atoms with Crippen molar-refractivity contribution in [2.24, 2.45) is 0 Å². The van der Waals surface area contributed by atoms with Crippen LogP contribution in [0.25, 0.3) is 16.8 Å². The number of halogens is 2. The summed E-state index contributed by atoms with van der Waals surface area (Å²) in [5.41, 5.74) is 2.84. The molecule has 4 rings (SSSR count). The van der Waals surface area contributed by atoms with Crippen molar-refractivity contribution in [3.05, 3.63) is 60.4 Å². The number of nitrogens with one attached hydrogen (secondary N) is 2. The van der Waals surface area contributed by atoms with Crippen molar-refractivity contribution in [3.8, 4) is 16.9 Å². The maximum Gasteiger partial charge on any atom is 0.228 e. The second-order valence-electron chi connectivity index (χ2n) is 5.93. The molecule has 4 aromatic rings. The van der Waals surface area contributed by atoms with Gasteiger partial charge >= 0.3 is 0 Å². The number of hydrogen-bond donors (Lipinski definition) is 2. The van der Waals surface area contributed by atoms with Gasteiger partial charge in [-0.25, -0.2) is 18.3 Å². The molecule has 0 spiro atoms. The van der Waals surface area contributed by atoms with Crippen molar-refractivity contribution < 1.29 is 13.5 Å². The predicted octanol–water partition coefficient (Wildman–Crippen LogP) is 3.74. The summed E-state index contributed by atoms with van der Waals surface area (Å²) in [5.74, 6) is 0.422. The largest absolute Gasteiger partial charge is 0.463 e. The molecule has 0 radical (unpaired) electrons. The van der Waals surface area contributed by atoms with Gasteiger partial charge in [-0.2, -0.15) is 10.2 Å². The molecule has 0 aliphatic carbocycles. The normalized spacial score (nSPS) is 12.3. The van der Waals surface area contributed by atoms with Crippen molar-refractivity contribution >= 4 is 11.5 Å². The zero-order chi connectivity index (χ0) is 18.8. The second kappa shape index (κ2) is 7.02. The van der Waals surface area contributed by atoms with Crippen molar-refractivity contribution in [1.82, 2.24) is 24.8 Å². The molecule has 7 nitrogen and oxygen atoms in total. The Morgan fingerprint density at radius 3 is 2.96 bits per heavy atom. The maximum absolute atomic E-state index is 13.7. The summed E-state index contributed by atoms with van der Waals surface area (Å²) in [6.07, 6.45) is 6.93. The number of nitrogens with zero attached hydrogens (tertiary/aromatic N) is 4. The lowest BCUT2D eigenvalue weighted by Crippen LogP contribution is -2.11. The number of rotatable bonds is 6. The molecular formula is C18H16F2N6O. The standard InChI is InChI=1S/C18H16F2N6O/c1-11(14-6-13(20)2-3-16(14)27-10-19)24-17-4-5-26-18(25-17)15(9-23-26)12-7-21-22-8-12/h2-9,11H,10H2,1H3,(H,21,22)(H,24,25). The van der Waals surface area contributed by atoms with Crippen LogP contribution >= 0.6 is 0 Å². The average molecular weight is 370 g/mol. The van der Waals surface area contributed by atoms with E-state index in [0.717, 1.165) is 11.1 Å². The van der Waals surface area contributed by atoms with Crippen LogP contribution in [0, 0.1) is 5.82 Å². The molecule has 0 aliphatic rings. The van der Waals surface area contributed by atoms with E-state index < -0.39 is 12.7 Å². The number of alkyl halides is 1. The first-order valence-electron chi connectivity index (χ1n) is 8.24. The minimum atomic E-state index is -0.987. The number of aromatic nitrogens is 5. The van der Waals surface area contributed by atoms with Crippen LogP contribution in [-0.2, 0) is 0 Å². The third kappa shape index (κ3) is 3.31. The third-order valence-corrected chi connectivity index (χ3v) is 4.19. The van der Waals surface area contributed by atoms with E-state index in [1.807, 2.05) is 6.92 Å². The molecule has 0 saturated carbocycles. The van der Waals surface area contributed by atoms with Crippen LogP contribution in [-0.4, -0.2) is 31.7 Å². The van der Waals surface area contributed by atoms with Crippen LogP contribution in [0.1, 0.15) is 18.5 Å². The van der Waals surface area contributed by atoms with Gasteiger partial charge in [0.2, 0.25) is 6.86 Å². The molecule has 1 aromatic carbocycles. The minimum Gasteiger partial charge on any atom is -0.463 e. The summed E-state index contributed by atoms with van der Waals surface area (Å²) in [6.45, 7) is 0.832. The maximum atomic E-state index is 13.7. The molecule has 9 heteroatoms. The molecule has 27 heavy (non-hydrogen) atoms. The van der Waals surface area contributed by atoms with E-state index in [0.29, 0.717) is 17.0 Å². The van der Waals surface area contributed by atoms with Gasteiger partial charge in [0.25, 0.3) is 0 Å². The van der Waals surface area contributed by atoms with Crippen molar-refractivity contribution in [2.75, 3.05) is 12.2 Å². The fourth-order valence-electron chi connectivity index (χ4n) is 2.90. The lowest BCUT2D eigenvalue weighted by atomic mass is 10.1. The van der Waals surface area contributed by atoms with Crippen LogP contribution in [0.15, 0.2) is 49.1 Å². The molecule has 2 N–H and O–H groups in total. The van der Waals surface area contributed by atoms with E-state index >= 15 is 0 Å². The number of H-pyrrole nitrogens is 1. The van der Waals surface area contributed by atoms with Gasteiger partial charge in [-0.1, -0.05) is 0 Å². The third-order valence-electron chi connectivity index (χ3n) is 4.19. The number of aromatic amines is 1. The van der Waals surface area contributed by atoms with Crippen molar-refractivity contribution in [3.63, 3.8) is 0 Å². The number of hydrogen-bond acceptors (Lipinski definition) is 5. The Labute approximate surface area is 153 Å². The predicted molar refractivity (Wildman–Crippen MR) is 95.6 cm³/mol. The number of benzene rings is 1. The lowest BCUT2D eigenvalue weighted by molar-refractivity contribution is 0.189. The van der Waals surface area contributed by atoms with Gasteiger partial charge < -0.3 is 10.1 Å². The summed E-state index contributed by atoms with van der Waals surface area (Å²) >= 11 is 0. The Balaban J connectivity index is 1.66. The van der Waals surface area contributed by atoms with E-state index in [2.05, 4.69) is 25.6 Å². The van der Waals surface area contributed by atoms with E-state index in [4.69, 9.17) is 4.74 Å². The van der Waals surface area contributed by atoms with Gasteiger partial charge in [0.1, 0.15) is 17.4 Å². The van der Waals surface area contributed by atoms with Crippen LogP contribution in [0.2, 0.25) is 0 Å². The van der Waals surface area contributed by atoms with Crippen LogP contribution in [0.4, 0.5) is 14.6 Å². The van der Waals surface area contributed by atoms with E-state index in [1.165, 1.54) is 18.2 Å².